The van der Waals surface area contributed by atoms with Crippen LogP contribution in [0.5, 0.6) is 23.0 Å². The fourth-order valence-electron chi connectivity index (χ4n) is 2.39. The van der Waals surface area contributed by atoms with E-state index in [2.05, 4.69) is 10.2 Å². The molecule has 0 atom stereocenters. The number of aromatic nitrogens is 2. The lowest BCUT2D eigenvalue weighted by Crippen LogP contribution is -1.85. The first-order valence-corrected chi connectivity index (χ1v) is 7.58. The Bertz CT molecular complexity index is 916. The first-order valence-electron chi connectivity index (χ1n) is 7.58. The van der Waals surface area contributed by atoms with Gasteiger partial charge in [0, 0.05) is 5.56 Å². The van der Waals surface area contributed by atoms with E-state index in [-0.39, 0.29) is 11.5 Å². The van der Waals surface area contributed by atoms with Gasteiger partial charge in [-0.1, -0.05) is 12.1 Å². The molecule has 0 unspecified atom stereocenters. The summed E-state index contributed by atoms with van der Waals surface area (Å²) in [5.74, 6) is 1.00. The Balaban J connectivity index is 1.82. The topological polar surface area (TPSA) is 87.6 Å². The van der Waals surface area contributed by atoms with Crippen LogP contribution in [-0.4, -0.2) is 34.6 Å². The summed E-state index contributed by atoms with van der Waals surface area (Å²) in [6, 6.07) is 12.1. The van der Waals surface area contributed by atoms with Crippen molar-refractivity contribution in [3.63, 3.8) is 0 Å². The molecule has 25 heavy (non-hydrogen) atoms. The molecule has 0 spiro atoms. The monoisotopic (exact) mass is 338 g/mol. The van der Waals surface area contributed by atoms with Crippen LogP contribution in [0.4, 0.5) is 0 Å². The van der Waals surface area contributed by atoms with Crippen molar-refractivity contribution >= 4 is 12.2 Å². The van der Waals surface area contributed by atoms with Crippen LogP contribution in [0.2, 0.25) is 0 Å². The van der Waals surface area contributed by atoms with Gasteiger partial charge in [-0.05, 0) is 48.0 Å². The zero-order valence-corrected chi connectivity index (χ0v) is 13.9. The summed E-state index contributed by atoms with van der Waals surface area (Å²) in [6.07, 6.45) is 3.76. The van der Waals surface area contributed by atoms with Gasteiger partial charge in [0.15, 0.2) is 23.0 Å². The number of rotatable bonds is 5. The second kappa shape index (κ2) is 7.00. The molecule has 6 heteroatoms. The van der Waals surface area contributed by atoms with Gasteiger partial charge in [-0.2, -0.15) is 5.10 Å². The number of methoxy groups -OCH3 is 2. The molecular weight excluding hydrogens is 320 g/mol. The van der Waals surface area contributed by atoms with Gasteiger partial charge in [0.1, 0.15) is 0 Å². The predicted molar refractivity (Wildman–Crippen MR) is 95.8 cm³/mol. The SMILES string of the molecule is COc1cc(C=Cc2cc(-c3ccc(O)c(OC)c3)n[nH]2)ccc1O. The maximum absolute atomic E-state index is 9.67. The molecule has 0 saturated carbocycles. The van der Waals surface area contributed by atoms with Crippen molar-refractivity contribution < 1.29 is 19.7 Å². The molecule has 0 bridgehead atoms. The van der Waals surface area contributed by atoms with Crippen LogP contribution < -0.4 is 9.47 Å². The van der Waals surface area contributed by atoms with Gasteiger partial charge in [-0.3, -0.25) is 5.10 Å². The van der Waals surface area contributed by atoms with Crippen LogP contribution in [0.25, 0.3) is 23.4 Å². The van der Waals surface area contributed by atoms with E-state index in [1.165, 1.54) is 14.2 Å². The van der Waals surface area contributed by atoms with Crippen LogP contribution in [0, 0.1) is 0 Å². The van der Waals surface area contributed by atoms with Gasteiger partial charge in [0.05, 0.1) is 25.6 Å². The van der Waals surface area contributed by atoms with Gasteiger partial charge in [-0.15, -0.1) is 0 Å². The highest BCUT2D eigenvalue weighted by atomic mass is 16.5. The van der Waals surface area contributed by atoms with E-state index in [9.17, 15) is 10.2 Å². The molecule has 1 aromatic heterocycles. The number of benzene rings is 2. The van der Waals surface area contributed by atoms with Crippen molar-refractivity contribution in [3.05, 3.63) is 53.7 Å². The quantitative estimate of drug-likeness (QED) is 0.660. The van der Waals surface area contributed by atoms with Crippen LogP contribution in [-0.2, 0) is 0 Å². The van der Waals surface area contributed by atoms with Gasteiger partial charge in [-0.25, -0.2) is 0 Å². The first-order chi connectivity index (χ1) is 12.1. The zero-order valence-electron chi connectivity index (χ0n) is 13.9. The summed E-state index contributed by atoms with van der Waals surface area (Å²) < 4.78 is 10.2. The van der Waals surface area contributed by atoms with E-state index in [0.717, 1.165) is 22.5 Å². The molecule has 0 saturated heterocycles. The Hall–Kier alpha value is -3.41. The van der Waals surface area contributed by atoms with Crippen LogP contribution >= 0.6 is 0 Å². The van der Waals surface area contributed by atoms with Crippen LogP contribution in [0.3, 0.4) is 0 Å². The van der Waals surface area contributed by atoms with E-state index in [4.69, 9.17) is 9.47 Å². The van der Waals surface area contributed by atoms with Crippen molar-refractivity contribution in [1.82, 2.24) is 10.2 Å². The lowest BCUT2D eigenvalue weighted by molar-refractivity contribution is 0.373. The number of phenols is 2. The summed E-state index contributed by atoms with van der Waals surface area (Å²) >= 11 is 0. The van der Waals surface area contributed by atoms with Gasteiger partial charge in [0.25, 0.3) is 0 Å². The van der Waals surface area contributed by atoms with E-state index in [1.807, 2.05) is 18.2 Å². The number of hydrogen-bond acceptors (Lipinski definition) is 5. The number of H-pyrrole nitrogens is 1. The number of nitrogens with one attached hydrogen (secondary N) is 1. The molecule has 3 aromatic rings. The normalized spacial score (nSPS) is 11.0. The zero-order chi connectivity index (χ0) is 17.8. The Labute approximate surface area is 145 Å². The van der Waals surface area contributed by atoms with Crippen molar-refractivity contribution in [2.45, 2.75) is 0 Å². The summed E-state index contributed by atoms with van der Waals surface area (Å²) in [7, 11) is 3.01. The minimum Gasteiger partial charge on any atom is -0.504 e. The lowest BCUT2D eigenvalue weighted by Gasteiger charge is -2.04. The Kier molecular flexibility index (Phi) is 4.61. The molecule has 2 aromatic carbocycles. The summed E-state index contributed by atoms with van der Waals surface area (Å²) in [6.45, 7) is 0. The maximum atomic E-state index is 9.67. The van der Waals surface area contributed by atoms with Gasteiger partial charge < -0.3 is 19.7 Å². The molecule has 0 aliphatic carbocycles. The molecule has 3 rings (SSSR count). The van der Waals surface area contributed by atoms with Crippen LogP contribution in [0.1, 0.15) is 11.3 Å². The Morgan fingerprint density at radius 1 is 0.880 bits per heavy atom. The van der Waals surface area contributed by atoms with Crippen molar-refractivity contribution in [3.8, 4) is 34.3 Å². The Morgan fingerprint density at radius 3 is 2.28 bits per heavy atom. The summed E-state index contributed by atoms with van der Waals surface area (Å²) in [5, 5.41) is 26.5. The van der Waals surface area contributed by atoms with E-state index >= 15 is 0 Å². The third-order valence-corrected chi connectivity index (χ3v) is 3.73. The minimum absolute atomic E-state index is 0.0863. The van der Waals surface area contributed by atoms with E-state index in [1.54, 1.807) is 36.4 Å². The average molecular weight is 338 g/mol. The van der Waals surface area contributed by atoms with Crippen molar-refractivity contribution in [2.24, 2.45) is 0 Å². The molecule has 3 N–H and O–H groups in total. The maximum Gasteiger partial charge on any atom is 0.161 e. The third kappa shape index (κ3) is 3.58. The number of aromatic hydroxyl groups is 2. The number of nitrogens with zero attached hydrogens (tertiary/aromatic N) is 1. The number of phenolic OH excluding ortho intramolecular Hbond substituents is 2. The molecule has 1 heterocycles. The highest BCUT2D eigenvalue weighted by Crippen LogP contribution is 2.31. The molecule has 0 aliphatic rings. The molecule has 0 aliphatic heterocycles. The van der Waals surface area contributed by atoms with Crippen molar-refractivity contribution in [1.29, 1.82) is 0 Å². The number of aromatic amines is 1. The number of hydrogen-bond donors (Lipinski definition) is 3. The van der Waals surface area contributed by atoms with E-state index < -0.39 is 0 Å². The lowest BCUT2D eigenvalue weighted by atomic mass is 10.1. The second-order valence-electron chi connectivity index (χ2n) is 5.36. The predicted octanol–water partition coefficient (Wildman–Crippen LogP) is 3.68. The summed E-state index contributed by atoms with van der Waals surface area (Å²) in [4.78, 5) is 0. The summed E-state index contributed by atoms with van der Waals surface area (Å²) in [5.41, 5.74) is 3.27. The fraction of sp³-hybridized carbons (Fsp3) is 0.105. The van der Waals surface area contributed by atoms with Gasteiger partial charge >= 0.3 is 0 Å². The molecule has 0 radical (unpaired) electrons. The molecule has 0 amide bonds. The highest BCUT2D eigenvalue weighted by Gasteiger charge is 2.07. The molecule has 6 nitrogen and oxygen atoms in total. The molecule has 128 valence electrons. The molecule has 0 fully saturated rings. The van der Waals surface area contributed by atoms with Crippen molar-refractivity contribution in [2.75, 3.05) is 14.2 Å². The van der Waals surface area contributed by atoms with Gasteiger partial charge in [0.2, 0.25) is 0 Å². The largest absolute Gasteiger partial charge is 0.504 e. The van der Waals surface area contributed by atoms with Crippen LogP contribution in [0.15, 0.2) is 42.5 Å². The Morgan fingerprint density at radius 2 is 1.56 bits per heavy atom. The first kappa shape index (κ1) is 16.4. The number of ether oxygens (including phenoxy) is 2. The minimum atomic E-state index is 0.0863. The molecular formula is C19H18N2O4. The average Bonchev–Trinajstić information content (AvgIpc) is 3.10. The standard InChI is InChI=1S/C19H18N2O4/c1-24-18-9-12(4-7-16(18)22)3-6-14-11-15(21-20-14)13-5-8-17(23)19(10-13)25-2/h3-11,22-23H,1-2H3,(H,20,21). The highest BCUT2D eigenvalue weighted by molar-refractivity contribution is 5.72. The van der Waals surface area contributed by atoms with E-state index in [0.29, 0.717) is 11.5 Å². The second-order valence-corrected chi connectivity index (χ2v) is 5.36. The smallest absolute Gasteiger partial charge is 0.161 e. The fourth-order valence-corrected chi connectivity index (χ4v) is 2.39. The third-order valence-electron chi connectivity index (χ3n) is 3.73.